The molecule has 3 rings (SSSR count). The average Bonchev–Trinajstić information content (AvgIpc) is 3.14. The number of aryl methyl sites for hydroxylation is 1. The molecule has 0 radical (unpaired) electrons. The molecule has 1 N–H and O–H groups in total. The lowest BCUT2D eigenvalue weighted by molar-refractivity contribution is -0.384. The number of alkyl halides is 3. The van der Waals surface area contributed by atoms with Crippen LogP contribution >= 0.6 is 0 Å². The number of esters is 1. The number of rotatable bonds is 7. The van der Waals surface area contributed by atoms with E-state index in [1.165, 1.54) is 29.9 Å². The number of non-ortho nitro benzene ring substituents is 1. The van der Waals surface area contributed by atoms with E-state index < -0.39 is 34.6 Å². The molecular formula is C20H17F3N4O5. The Hall–Kier alpha value is -3.96. The highest BCUT2D eigenvalue weighted by Crippen LogP contribution is 2.29. The molecule has 0 saturated heterocycles. The first kappa shape index (κ1) is 22.7. The maximum atomic E-state index is 12.6. The number of ether oxygens (including phenoxy) is 1. The van der Waals surface area contributed by atoms with Crippen LogP contribution in [-0.2, 0) is 27.0 Å². The number of carbonyl (C=O) groups excluding carboxylic acids is 2. The zero-order chi connectivity index (χ0) is 23.5. The molecule has 2 aromatic carbocycles. The van der Waals surface area contributed by atoms with Crippen molar-refractivity contribution in [2.24, 2.45) is 0 Å². The second-order valence-corrected chi connectivity index (χ2v) is 6.81. The van der Waals surface area contributed by atoms with Gasteiger partial charge in [-0.15, -0.1) is 0 Å². The molecule has 0 aliphatic heterocycles. The Morgan fingerprint density at radius 1 is 1.22 bits per heavy atom. The number of anilines is 1. The minimum absolute atomic E-state index is 0.0662. The van der Waals surface area contributed by atoms with Crippen LogP contribution in [0, 0.1) is 10.1 Å². The summed E-state index contributed by atoms with van der Waals surface area (Å²) in [5, 5.41) is 18.1. The first-order chi connectivity index (χ1) is 15.0. The van der Waals surface area contributed by atoms with Gasteiger partial charge in [-0.25, -0.2) is 0 Å². The molecule has 168 valence electrons. The first-order valence-electron chi connectivity index (χ1n) is 9.32. The number of amides is 1. The number of hydrogen-bond acceptors (Lipinski definition) is 6. The van der Waals surface area contributed by atoms with Crippen LogP contribution in [-0.4, -0.2) is 32.7 Å². The molecular weight excluding hydrogens is 433 g/mol. The lowest BCUT2D eigenvalue weighted by Crippen LogP contribution is -2.30. The average molecular weight is 450 g/mol. The molecule has 1 aromatic heterocycles. The molecule has 1 atom stereocenters. The maximum Gasteiger partial charge on any atom is 0.416 e. The van der Waals surface area contributed by atoms with Crippen molar-refractivity contribution in [3.8, 4) is 0 Å². The lowest BCUT2D eigenvalue weighted by atomic mass is 10.2. The number of aromatic nitrogens is 2. The number of fused-ring (bicyclic) bond motifs is 1. The van der Waals surface area contributed by atoms with Crippen LogP contribution in [0.3, 0.4) is 0 Å². The topological polar surface area (TPSA) is 116 Å². The quantitative estimate of drug-likeness (QED) is 0.331. The Morgan fingerprint density at radius 2 is 1.91 bits per heavy atom. The molecule has 0 bridgehead atoms. The normalized spacial score (nSPS) is 12.4. The third-order valence-corrected chi connectivity index (χ3v) is 4.52. The number of nitrogens with zero attached hydrogens (tertiary/aromatic N) is 3. The van der Waals surface area contributed by atoms with Crippen LogP contribution in [0.1, 0.15) is 18.9 Å². The third-order valence-electron chi connectivity index (χ3n) is 4.52. The smallest absolute Gasteiger partial charge is 0.416 e. The first-order valence-corrected chi connectivity index (χ1v) is 9.32. The lowest BCUT2D eigenvalue weighted by Gasteiger charge is -2.14. The number of hydrogen-bond donors (Lipinski definition) is 1. The highest BCUT2D eigenvalue weighted by Gasteiger charge is 2.30. The Bertz CT molecular complexity index is 1160. The summed E-state index contributed by atoms with van der Waals surface area (Å²) in [6, 6.07) is 8.07. The third kappa shape index (κ3) is 5.39. The standard InChI is InChI=1S/C20H17F3N4O5/c1-12(19(29)25-15-5-3-14(4-6-15)20(21,22)23)32-18(28)8-9-26-17-10-16(27(30)31)7-2-13(17)11-24-26/h2-7,10-12H,8-9H2,1H3,(H,25,29). The van der Waals surface area contributed by atoms with Crippen molar-refractivity contribution in [1.82, 2.24) is 9.78 Å². The second kappa shape index (κ2) is 9.04. The fourth-order valence-electron chi connectivity index (χ4n) is 2.84. The predicted octanol–water partition coefficient (Wildman–Crippen LogP) is 3.92. The van der Waals surface area contributed by atoms with Crippen LogP contribution in [0.4, 0.5) is 24.5 Å². The molecule has 12 heteroatoms. The van der Waals surface area contributed by atoms with Gasteiger partial charge in [0.05, 0.1) is 35.2 Å². The van der Waals surface area contributed by atoms with Crippen LogP contribution in [0.2, 0.25) is 0 Å². The fraction of sp³-hybridized carbons (Fsp3) is 0.250. The Labute approximate surface area is 178 Å². The molecule has 0 fully saturated rings. The number of nitro groups is 1. The van der Waals surface area contributed by atoms with Gasteiger partial charge in [-0.1, -0.05) is 0 Å². The zero-order valence-electron chi connectivity index (χ0n) is 16.6. The molecule has 1 unspecified atom stereocenters. The van der Waals surface area contributed by atoms with Gasteiger partial charge in [0.15, 0.2) is 6.10 Å². The molecule has 1 heterocycles. The molecule has 0 spiro atoms. The second-order valence-electron chi connectivity index (χ2n) is 6.81. The number of halogens is 3. The van der Waals surface area contributed by atoms with Crippen molar-refractivity contribution in [2.75, 3.05) is 5.32 Å². The fourth-order valence-corrected chi connectivity index (χ4v) is 2.84. The van der Waals surface area contributed by atoms with Gasteiger partial charge in [0.2, 0.25) is 0 Å². The van der Waals surface area contributed by atoms with E-state index in [1.807, 2.05) is 0 Å². The number of benzene rings is 2. The van der Waals surface area contributed by atoms with Crippen molar-refractivity contribution in [3.05, 3.63) is 64.3 Å². The monoisotopic (exact) mass is 450 g/mol. The van der Waals surface area contributed by atoms with Crippen molar-refractivity contribution >= 4 is 34.2 Å². The van der Waals surface area contributed by atoms with Gasteiger partial charge in [-0.05, 0) is 37.3 Å². The predicted molar refractivity (Wildman–Crippen MR) is 107 cm³/mol. The van der Waals surface area contributed by atoms with Crippen LogP contribution in [0.15, 0.2) is 48.7 Å². The maximum absolute atomic E-state index is 12.6. The molecule has 0 saturated carbocycles. The van der Waals surface area contributed by atoms with E-state index in [2.05, 4.69) is 10.4 Å². The van der Waals surface area contributed by atoms with Gasteiger partial charge in [-0.2, -0.15) is 18.3 Å². The molecule has 9 nitrogen and oxygen atoms in total. The molecule has 32 heavy (non-hydrogen) atoms. The van der Waals surface area contributed by atoms with Gasteiger partial charge in [-0.3, -0.25) is 24.4 Å². The minimum Gasteiger partial charge on any atom is -0.452 e. The van der Waals surface area contributed by atoms with E-state index in [9.17, 15) is 32.9 Å². The van der Waals surface area contributed by atoms with E-state index >= 15 is 0 Å². The Balaban J connectivity index is 1.54. The summed E-state index contributed by atoms with van der Waals surface area (Å²) in [5.74, 6) is -1.42. The molecule has 0 aliphatic rings. The zero-order valence-corrected chi connectivity index (χ0v) is 16.6. The summed E-state index contributed by atoms with van der Waals surface area (Å²) in [5.41, 5.74) is -0.377. The van der Waals surface area contributed by atoms with Crippen molar-refractivity contribution < 1.29 is 32.4 Å². The van der Waals surface area contributed by atoms with Crippen molar-refractivity contribution in [3.63, 3.8) is 0 Å². The van der Waals surface area contributed by atoms with E-state index in [4.69, 9.17) is 4.74 Å². The minimum atomic E-state index is -4.49. The summed E-state index contributed by atoms with van der Waals surface area (Å²) in [7, 11) is 0. The summed E-state index contributed by atoms with van der Waals surface area (Å²) >= 11 is 0. The largest absolute Gasteiger partial charge is 0.452 e. The van der Waals surface area contributed by atoms with Crippen molar-refractivity contribution in [2.45, 2.75) is 32.2 Å². The molecule has 1 amide bonds. The highest BCUT2D eigenvalue weighted by atomic mass is 19.4. The molecule has 0 aliphatic carbocycles. The number of nitrogens with one attached hydrogen (secondary N) is 1. The summed E-state index contributed by atoms with van der Waals surface area (Å²) in [6.45, 7) is 1.39. The Kier molecular flexibility index (Phi) is 6.42. The van der Waals surface area contributed by atoms with Crippen LogP contribution in [0.25, 0.3) is 10.9 Å². The van der Waals surface area contributed by atoms with E-state index in [0.717, 1.165) is 24.3 Å². The van der Waals surface area contributed by atoms with E-state index in [1.54, 1.807) is 6.07 Å². The van der Waals surface area contributed by atoms with E-state index in [0.29, 0.717) is 10.9 Å². The molecule has 3 aromatic rings. The summed E-state index contributed by atoms with van der Waals surface area (Å²) in [6.07, 6.45) is -4.34. The van der Waals surface area contributed by atoms with Gasteiger partial charge in [0, 0.05) is 23.2 Å². The summed E-state index contributed by atoms with van der Waals surface area (Å²) < 4.78 is 44.2. The number of carbonyl (C=O) groups is 2. The van der Waals surface area contributed by atoms with Gasteiger partial charge in [0.25, 0.3) is 11.6 Å². The van der Waals surface area contributed by atoms with Gasteiger partial charge >= 0.3 is 12.1 Å². The van der Waals surface area contributed by atoms with Gasteiger partial charge in [0.1, 0.15) is 0 Å². The number of nitro benzene ring substituents is 1. The highest BCUT2D eigenvalue weighted by molar-refractivity contribution is 5.95. The van der Waals surface area contributed by atoms with Crippen LogP contribution in [0.5, 0.6) is 0 Å². The van der Waals surface area contributed by atoms with Crippen molar-refractivity contribution in [1.29, 1.82) is 0 Å². The summed E-state index contributed by atoms with van der Waals surface area (Å²) in [4.78, 5) is 34.6. The SMILES string of the molecule is CC(OC(=O)CCn1ncc2ccc([N+](=O)[O-])cc21)C(=O)Nc1ccc(C(F)(F)F)cc1. The van der Waals surface area contributed by atoms with Crippen LogP contribution < -0.4 is 5.32 Å². The van der Waals surface area contributed by atoms with E-state index in [-0.39, 0.29) is 24.3 Å². The Morgan fingerprint density at radius 3 is 2.53 bits per heavy atom. The van der Waals surface area contributed by atoms with Gasteiger partial charge < -0.3 is 10.1 Å².